The van der Waals surface area contributed by atoms with E-state index in [1.807, 2.05) is 24.4 Å². The third-order valence-electron chi connectivity index (χ3n) is 4.11. The molecule has 2 N–H and O–H groups in total. The van der Waals surface area contributed by atoms with Crippen molar-refractivity contribution in [3.05, 3.63) is 22.4 Å². The second-order valence-corrected chi connectivity index (χ2v) is 6.62. The number of aliphatic hydroxyl groups excluding tert-OH is 1. The molecule has 5 heteroatoms. The van der Waals surface area contributed by atoms with E-state index < -0.39 is 0 Å². The van der Waals surface area contributed by atoms with Crippen LogP contribution >= 0.6 is 11.3 Å². The van der Waals surface area contributed by atoms with Crippen LogP contribution in [0.5, 0.6) is 0 Å². The molecule has 2 heterocycles. The van der Waals surface area contributed by atoms with Gasteiger partial charge >= 0.3 is 0 Å². The molecule has 0 aromatic carbocycles. The molecule has 3 unspecified atom stereocenters. The number of thiophene rings is 1. The summed E-state index contributed by atoms with van der Waals surface area (Å²) < 4.78 is 0. The molecule has 112 valence electrons. The molecule has 0 radical (unpaired) electrons. The van der Waals surface area contributed by atoms with Gasteiger partial charge in [0.2, 0.25) is 5.91 Å². The van der Waals surface area contributed by atoms with Crippen molar-refractivity contribution >= 4 is 17.2 Å². The van der Waals surface area contributed by atoms with Crippen LogP contribution in [0.1, 0.15) is 37.6 Å². The van der Waals surface area contributed by atoms with Crippen LogP contribution in [-0.2, 0) is 4.79 Å². The molecule has 1 aliphatic rings. The molecule has 2 rings (SSSR count). The highest BCUT2D eigenvalue weighted by atomic mass is 32.1. The van der Waals surface area contributed by atoms with Gasteiger partial charge in [-0.15, -0.1) is 11.3 Å². The average Bonchev–Trinajstić information content (AvgIpc) is 2.92. The fourth-order valence-electron chi connectivity index (χ4n) is 2.91. The van der Waals surface area contributed by atoms with Gasteiger partial charge in [-0.05, 0) is 43.7 Å². The van der Waals surface area contributed by atoms with E-state index in [1.54, 1.807) is 11.3 Å². The minimum atomic E-state index is 0.0402. The number of hydrogen-bond acceptors (Lipinski definition) is 4. The molecule has 1 saturated heterocycles. The molecule has 1 aromatic heterocycles. The first-order valence-corrected chi connectivity index (χ1v) is 8.17. The molecule has 1 amide bonds. The van der Waals surface area contributed by atoms with Crippen LogP contribution in [0.2, 0.25) is 0 Å². The number of hydrogen-bond donors (Lipinski definition) is 2. The topological polar surface area (TPSA) is 52.6 Å². The van der Waals surface area contributed by atoms with Gasteiger partial charge in [-0.25, -0.2) is 0 Å². The summed E-state index contributed by atoms with van der Waals surface area (Å²) in [5, 5.41) is 14.6. The molecular formula is C15H24N2O2S. The quantitative estimate of drug-likeness (QED) is 0.874. The fraction of sp³-hybridized carbons (Fsp3) is 0.667. The number of piperidine rings is 1. The molecule has 1 fully saturated rings. The van der Waals surface area contributed by atoms with Crippen LogP contribution in [0.15, 0.2) is 17.5 Å². The molecule has 3 atom stereocenters. The van der Waals surface area contributed by atoms with Crippen molar-refractivity contribution < 1.29 is 9.90 Å². The van der Waals surface area contributed by atoms with E-state index in [4.69, 9.17) is 0 Å². The van der Waals surface area contributed by atoms with Crippen molar-refractivity contribution in [2.24, 2.45) is 5.92 Å². The SMILES string of the molecule is CC(NC(=O)CN1CCCC(C)C1CO)c1cccs1. The number of nitrogens with zero attached hydrogens (tertiary/aromatic N) is 1. The van der Waals surface area contributed by atoms with Gasteiger partial charge in [-0.3, -0.25) is 9.69 Å². The third-order valence-corrected chi connectivity index (χ3v) is 5.17. The molecule has 1 aromatic rings. The normalized spacial score (nSPS) is 25.4. The first kappa shape index (κ1) is 15.5. The highest BCUT2D eigenvalue weighted by Crippen LogP contribution is 2.23. The maximum Gasteiger partial charge on any atom is 0.234 e. The van der Waals surface area contributed by atoms with E-state index in [1.165, 1.54) is 4.88 Å². The fourth-order valence-corrected chi connectivity index (χ4v) is 3.64. The number of likely N-dealkylation sites (tertiary alicyclic amines) is 1. The van der Waals surface area contributed by atoms with E-state index in [0.29, 0.717) is 12.5 Å². The van der Waals surface area contributed by atoms with Crippen molar-refractivity contribution in [3.8, 4) is 0 Å². The summed E-state index contributed by atoms with van der Waals surface area (Å²) in [4.78, 5) is 15.4. The van der Waals surface area contributed by atoms with Gasteiger partial charge in [-0.2, -0.15) is 0 Å². The zero-order chi connectivity index (χ0) is 14.5. The predicted octanol–water partition coefficient (Wildman–Crippen LogP) is 2.02. The highest BCUT2D eigenvalue weighted by molar-refractivity contribution is 7.10. The molecule has 0 spiro atoms. The average molecular weight is 296 g/mol. The van der Waals surface area contributed by atoms with Crippen molar-refractivity contribution in [3.63, 3.8) is 0 Å². The summed E-state index contributed by atoms with van der Waals surface area (Å²) in [5.74, 6) is 0.495. The van der Waals surface area contributed by atoms with Gasteiger partial charge < -0.3 is 10.4 Å². The van der Waals surface area contributed by atoms with E-state index in [0.717, 1.165) is 19.4 Å². The van der Waals surface area contributed by atoms with Gasteiger partial charge in [0.05, 0.1) is 19.2 Å². The van der Waals surface area contributed by atoms with E-state index in [-0.39, 0.29) is 24.6 Å². The monoisotopic (exact) mass is 296 g/mol. The molecular weight excluding hydrogens is 272 g/mol. The van der Waals surface area contributed by atoms with Crippen molar-refractivity contribution in [1.82, 2.24) is 10.2 Å². The molecule has 4 nitrogen and oxygen atoms in total. The molecule has 20 heavy (non-hydrogen) atoms. The summed E-state index contributed by atoms with van der Waals surface area (Å²) >= 11 is 1.66. The Bertz CT molecular complexity index is 422. The van der Waals surface area contributed by atoms with Crippen molar-refractivity contribution in [2.75, 3.05) is 19.7 Å². The number of amides is 1. The minimum absolute atomic E-state index is 0.0402. The number of nitrogens with one attached hydrogen (secondary N) is 1. The van der Waals surface area contributed by atoms with E-state index in [9.17, 15) is 9.90 Å². The minimum Gasteiger partial charge on any atom is -0.395 e. The smallest absolute Gasteiger partial charge is 0.234 e. The Hall–Kier alpha value is -0.910. The standard InChI is InChI=1S/C15H24N2O2S/c1-11-5-3-7-17(13(11)10-18)9-15(19)16-12(2)14-6-4-8-20-14/h4,6,8,11-13,18H,3,5,7,9-10H2,1-2H3,(H,16,19). The summed E-state index contributed by atoms with van der Waals surface area (Å²) in [6.45, 7) is 5.57. The van der Waals surface area contributed by atoms with Crippen molar-refractivity contribution in [1.29, 1.82) is 0 Å². The molecule has 0 aliphatic carbocycles. The Morgan fingerprint density at radius 2 is 2.45 bits per heavy atom. The van der Waals surface area contributed by atoms with Crippen LogP contribution in [0.3, 0.4) is 0 Å². The summed E-state index contributed by atoms with van der Waals surface area (Å²) in [5.41, 5.74) is 0. The third kappa shape index (κ3) is 3.81. The van der Waals surface area contributed by atoms with E-state index >= 15 is 0 Å². The Labute approximate surface area is 124 Å². The van der Waals surface area contributed by atoms with Gasteiger partial charge in [0.25, 0.3) is 0 Å². The van der Waals surface area contributed by atoms with Gasteiger partial charge in [-0.1, -0.05) is 13.0 Å². The lowest BCUT2D eigenvalue weighted by atomic mass is 9.91. The van der Waals surface area contributed by atoms with Crippen molar-refractivity contribution in [2.45, 2.75) is 38.8 Å². The van der Waals surface area contributed by atoms with Crippen LogP contribution < -0.4 is 5.32 Å². The zero-order valence-corrected chi connectivity index (χ0v) is 13.0. The predicted molar refractivity (Wildman–Crippen MR) is 81.7 cm³/mol. The molecule has 0 saturated carbocycles. The first-order valence-electron chi connectivity index (χ1n) is 7.29. The highest BCUT2D eigenvalue weighted by Gasteiger charge is 2.29. The van der Waals surface area contributed by atoms with Gasteiger partial charge in [0.15, 0.2) is 0 Å². The zero-order valence-electron chi connectivity index (χ0n) is 12.2. The lowest BCUT2D eigenvalue weighted by Gasteiger charge is -2.38. The Morgan fingerprint density at radius 1 is 1.65 bits per heavy atom. The Kier molecular flexibility index (Phi) is 5.57. The van der Waals surface area contributed by atoms with Crippen LogP contribution in [0.25, 0.3) is 0 Å². The van der Waals surface area contributed by atoms with Gasteiger partial charge in [0, 0.05) is 10.9 Å². The number of carbonyl (C=O) groups excluding carboxylic acids is 1. The lowest BCUT2D eigenvalue weighted by Crippen LogP contribution is -2.50. The maximum absolute atomic E-state index is 12.2. The summed E-state index contributed by atoms with van der Waals surface area (Å²) in [6.07, 6.45) is 2.24. The van der Waals surface area contributed by atoms with Crippen LogP contribution in [-0.4, -0.2) is 41.7 Å². The largest absolute Gasteiger partial charge is 0.395 e. The van der Waals surface area contributed by atoms with Crippen LogP contribution in [0, 0.1) is 5.92 Å². The lowest BCUT2D eigenvalue weighted by molar-refractivity contribution is -0.124. The van der Waals surface area contributed by atoms with E-state index in [2.05, 4.69) is 17.1 Å². The summed E-state index contributed by atoms with van der Waals surface area (Å²) in [7, 11) is 0. The van der Waals surface area contributed by atoms with Gasteiger partial charge in [0.1, 0.15) is 0 Å². The molecule has 0 bridgehead atoms. The number of carbonyl (C=O) groups is 1. The maximum atomic E-state index is 12.2. The second-order valence-electron chi connectivity index (χ2n) is 5.64. The first-order chi connectivity index (χ1) is 9.61. The summed E-state index contributed by atoms with van der Waals surface area (Å²) in [6, 6.07) is 4.20. The number of aliphatic hydroxyl groups is 1. The molecule has 1 aliphatic heterocycles. The van der Waals surface area contributed by atoms with Crippen LogP contribution in [0.4, 0.5) is 0 Å². The number of rotatable bonds is 5. The second kappa shape index (κ2) is 7.20. The Morgan fingerprint density at radius 3 is 3.10 bits per heavy atom. The Balaban J connectivity index is 1.87.